The van der Waals surface area contributed by atoms with Gasteiger partial charge in [0.05, 0.1) is 5.41 Å². The molecule has 5 nitrogen and oxygen atoms in total. The lowest BCUT2D eigenvalue weighted by atomic mass is 9.37. The monoisotopic (exact) mass is 572 g/mol. The highest BCUT2D eigenvalue weighted by atomic mass is 16.5. The van der Waals surface area contributed by atoms with Crippen LogP contribution in [-0.2, 0) is 23.9 Å². The van der Waals surface area contributed by atoms with Gasteiger partial charge in [-0.3, -0.25) is 19.2 Å². The molecule has 0 N–H and O–H groups in total. The highest BCUT2D eigenvalue weighted by Gasteiger charge is 2.76. The average molecular weight is 573 g/mol. The van der Waals surface area contributed by atoms with Gasteiger partial charge in [-0.15, -0.1) is 0 Å². The molecule has 2 aliphatic carbocycles. The number of hydrogen-bond donors (Lipinski definition) is 0. The Balaban J connectivity index is 3.11. The molecule has 1 fully saturated rings. The van der Waals surface area contributed by atoms with E-state index in [2.05, 4.69) is 62.3 Å². The largest absolute Gasteiger partial charge is 0.430 e. The number of carbonyl (C=O) groups excluding carboxylic acids is 4. The lowest BCUT2D eigenvalue weighted by molar-refractivity contribution is -0.183. The van der Waals surface area contributed by atoms with Crippen LogP contribution >= 0.6 is 0 Å². The molecule has 0 aromatic rings. The van der Waals surface area contributed by atoms with Gasteiger partial charge in [-0.1, -0.05) is 89.0 Å². The van der Waals surface area contributed by atoms with Crippen LogP contribution in [-0.4, -0.2) is 23.3 Å². The van der Waals surface area contributed by atoms with E-state index in [0.29, 0.717) is 61.3 Å². The summed E-state index contributed by atoms with van der Waals surface area (Å²) in [7, 11) is 0. The first-order valence-corrected chi connectivity index (χ1v) is 16.4. The summed E-state index contributed by atoms with van der Waals surface area (Å²) in [5, 5.41) is 0. The van der Waals surface area contributed by atoms with E-state index in [9.17, 15) is 9.59 Å². The number of hydrogen-bond acceptors (Lipinski definition) is 5. The molecule has 2 aliphatic rings. The van der Waals surface area contributed by atoms with Gasteiger partial charge in [-0.05, 0) is 80.0 Å². The fourth-order valence-corrected chi connectivity index (χ4v) is 7.54. The number of fused-ring (bicyclic) bond motifs is 2. The van der Waals surface area contributed by atoms with Gasteiger partial charge in [0.15, 0.2) is 22.8 Å². The van der Waals surface area contributed by atoms with Crippen LogP contribution in [0.15, 0.2) is 11.3 Å². The van der Waals surface area contributed by atoms with Gasteiger partial charge in [0, 0.05) is 18.4 Å². The Bertz CT molecular complexity index is 1010. The van der Waals surface area contributed by atoms with Crippen LogP contribution in [0.2, 0.25) is 0 Å². The minimum Gasteiger partial charge on any atom is -0.430 e. The molecular weight excluding hydrogens is 512 g/mol. The zero-order chi connectivity index (χ0) is 31.5. The fraction of sp³-hybridized carbons (Fsp3) is 0.833. The summed E-state index contributed by atoms with van der Waals surface area (Å²) in [4.78, 5) is 57.9. The number of ether oxygens (including phenoxy) is 1. The van der Waals surface area contributed by atoms with Crippen molar-refractivity contribution in [2.24, 2.45) is 51.8 Å². The molecule has 0 saturated heterocycles. The Hall–Kier alpha value is -1.78. The first-order chi connectivity index (χ1) is 18.9. The summed E-state index contributed by atoms with van der Waals surface area (Å²) in [6.07, 6.45) is 6.12. The molecule has 2 bridgehead atoms. The third-order valence-corrected chi connectivity index (χ3v) is 10.0. The van der Waals surface area contributed by atoms with E-state index in [4.69, 9.17) is 4.74 Å². The van der Waals surface area contributed by atoms with Crippen LogP contribution in [0, 0.1) is 51.8 Å². The summed E-state index contributed by atoms with van der Waals surface area (Å²) in [5.41, 5.74) is -3.31. The van der Waals surface area contributed by atoms with Gasteiger partial charge in [0.2, 0.25) is 0 Å². The first kappa shape index (κ1) is 35.4. The smallest absolute Gasteiger partial charge is 0.307 e. The van der Waals surface area contributed by atoms with Gasteiger partial charge in [-0.25, -0.2) is 0 Å². The van der Waals surface area contributed by atoms with E-state index in [-0.39, 0.29) is 29.0 Å². The molecule has 4 atom stereocenters. The Morgan fingerprint density at radius 3 is 1.78 bits per heavy atom. The maximum atomic E-state index is 15.4. The number of carbonyl (C=O) groups is 4. The minimum absolute atomic E-state index is 0.0302. The Labute approximate surface area is 251 Å². The maximum Gasteiger partial charge on any atom is 0.307 e. The number of esters is 1. The second kappa shape index (κ2) is 13.7. The molecule has 41 heavy (non-hydrogen) atoms. The van der Waals surface area contributed by atoms with Gasteiger partial charge < -0.3 is 4.74 Å². The molecule has 0 unspecified atom stereocenters. The van der Waals surface area contributed by atoms with E-state index in [0.717, 1.165) is 25.7 Å². The molecule has 5 heteroatoms. The van der Waals surface area contributed by atoms with E-state index in [1.54, 1.807) is 0 Å². The quantitative estimate of drug-likeness (QED) is 0.145. The van der Waals surface area contributed by atoms with Crippen LogP contribution in [0.3, 0.4) is 0 Å². The van der Waals surface area contributed by atoms with Crippen LogP contribution < -0.4 is 0 Å². The van der Waals surface area contributed by atoms with Crippen molar-refractivity contribution in [1.82, 2.24) is 0 Å². The average Bonchev–Trinajstić information content (AvgIpc) is 2.85. The summed E-state index contributed by atoms with van der Waals surface area (Å²) >= 11 is 0. The Morgan fingerprint density at radius 1 is 0.805 bits per heavy atom. The van der Waals surface area contributed by atoms with Crippen molar-refractivity contribution in [3.63, 3.8) is 0 Å². The van der Waals surface area contributed by atoms with E-state index < -0.39 is 28.1 Å². The number of allylic oxidation sites excluding steroid dienone is 2. The van der Waals surface area contributed by atoms with Crippen molar-refractivity contribution in [2.45, 2.75) is 141 Å². The predicted octanol–water partition coefficient (Wildman–Crippen LogP) is 8.92. The SMILES string of the molecule is CC(=O)OC1=C(CCC(C)C)C(=O)[C@]2(C(=O)C(C)C)C(=O)[C@@]1(CCC(C)C)C[C@H](CCC(C)C)[C@@]2(C)CCC(C)C. The molecule has 234 valence electrons. The van der Waals surface area contributed by atoms with Crippen LogP contribution in [0.25, 0.3) is 0 Å². The fourth-order valence-electron chi connectivity index (χ4n) is 7.54. The van der Waals surface area contributed by atoms with Gasteiger partial charge >= 0.3 is 5.97 Å². The van der Waals surface area contributed by atoms with Crippen molar-refractivity contribution >= 4 is 23.3 Å². The lowest BCUT2D eigenvalue weighted by Gasteiger charge is -2.62. The predicted molar refractivity (Wildman–Crippen MR) is 166 cm³/mol. The van der Waals surface area contributed by atoms with Crippen molar-refractivity contribution in [3.8, 4) is 0 Å². The first-order valence-electron chi connectivity index (χ1n) is 16.4. The van der Waals surface area contributed by atoms with Crippen LogP contribution in [0.4, 0.5) is 0 Å². The second-order valence-electron chi connectivity index (χ2n) is 15.5. The maximum absolute atomic E-state index is 15.4. The standard InChI is InChI=1S/C36H60O5/c1-22(2)13-15-28-21-35(20-18-25(7)8)32(41-27(11)37)29(16-14-23(3)4)31(39)36(33(35)40,30(38)26(9)10)34(28,12)19-17-24(5)6/h22-26,28H,13-21H2,1-12H3/t28-,34+,35-,36+/m0/s1. The van der Waals surface area contributed by atoms with Crippen LogP contribution in [0.5, 0.6) is 0 Å². The van der Waals surface area contributed by atoms with Gasteiger partial charge in [-0.2, -0.15) is 0 Å². The van der Waals surface area contributed by atoms with E-state index in [1.807, 2.05) is 13.8 Å². The lowest BCUT2D eigenvalue weighted by Crippen LogP contribution is -2.71. The summed E-state index contributed by atoms with van der Waals surface area (Å²) in [5.74, 6) is -0.215. The third-order valence-electron chi connectivity index (χ3n) is 10.0. The van der Waals surface area contributed by atoms with Crippen molar-refractivity contribution < 1.29 is 23.9 Å². The second-order valence-corrected chi connectivity index (χ2v) is 15.5. The molecular formula is C36H60O5. The normalized spacial score (nSPS) is 28.6. The zero-order valence-electron chi connectivity index (χ0n) is 28.4. The molecule has 0 heterocycles. The Morgan fingerprint density at radius 2 is 1.32 bits per heavy atom. The van der Waals surface area contributed by atoms with Gasteiger partial charge in [0.1, 0.15) is 5.76 Å². The number of rotatable bonds is 15. The van der Waals surface area contributed by atoms with Crippen molar-refractivity contribution in [2.75, 3.05) is 0 Å². The molecule has 0 spiro atoms. The van der Waals surface area contributed by atoms with Crippen molar-refractivity contribution in [3.05, 3.63) is 11.3 Å². The zero-order valence-corrected chi connectivity index (χ0v) is 28.4. The summed E-state index contributed by atoms with van der Waals surface area (Å²) in [6.45, 7) is 24.3. The van der Waals surface area contributed by atoms with Crippen molar-refractivity contribution in [1.29, 1.82) is 0 Å². The number of Topliss-reactive ketones (excluding diaryl/α,β-unsaturated/α-hetero) is 3. The highest BCUT2D eigenvalue weighted by Crippen LogP contribution is 2.68. The van der Waals surface area contributed by atoms with Gasteiger partial charge in [0.25, 0.3) is 0 Å². The van der Waals surface area contributed by atoms with E-state index >= 15 is 9.59 Å². The topological polar surface area (TPSA) is 77.5 Å². The molecule has 0 aromatic carbocycles. The molecule has 0 aliphatic heterocycles. The number of ketones is 3. The minimum atomic E-state index is -1.76. The highest BCUT2D eigenvalue weighted by molar-refractivity contribution is 6.33. The van der Waals surface area contributed by atoms with Crippen LogP contribution in [0.1, 0.15) is 141 Å². The third kappa shape index (κ3) is 6.74. The molecule has 0 aromatic heterocycles. The Kier molecular flexibility index (Phi) is 11.8. The molecule has 0 radical (unpaired) electrons. The molecule has 0 amide bonds. The summed E-state index contributed by atoms with van der Waals surface area (Å²) in [6, 6.07) is 0. The molecule has 1 saturated carbocycles. The summed E-state index contributed by atoms with van der Waals surface area (Å²) < 4.78 is 6.01. The molecule has 2 rings (SSSR count). The van der Waals surface area contributed by atoms with E-state index in [1.165, 1.54) is 6.92 Å².